The Morgan fingerprint density at radius 3 is 2.19 bits per heavy atom. The summed E-state index contributed by atoms with van der Waals surface area (Å²) >= 11 is 0. The first-order valence-electron chi connectivity index (χ1n) is 7.88. The van der Waals surface area contributed by atoms with E-state index in [1.807, 2.05) is 17.0 Å². The lowest BCUT2D eigenvalue weighted by Gasteiger charge is -2.29. The van der Waals surface area contributed by atoms with Gasteiger partial charge in [-0.1, -0.05) is 13.8 Å². The monoisotopic (exact) mass is 381 g/mol. The second-order valence-corrected chi connectivity index (χ2v) is 7.88. The van der Waals surface area contributed by atoms with Gasteiger partial charge in [0.2, 0.25) is 0 Å². The minimum Gasteiger partial charge on any atom is -0.396 e. The van der Waals surface area contributed by atoms with E-state index in [-0.39, 0.29) is 31.9 Å². The molecule has 142 valence electrons. The second-order valence-electron chi connectivity index (χ2n) is 6.59. The molecular weight excluding hydrogens is 358 g/mol. The van der Waals surface area contributed by atoms with Gasteiger partial charge in [0, 0.05) is 28.9 Å². The van der Waals surface area contributed by atoms with Crippen molar-refractivity contribution in [3.05, 3.63) is 34.7 Å². The van der Waals surface area contributed by atoms with Crippen molar-refractivity contribution in [1.29, 1.82) is 10.5 Å². The molecule has 8 nitrogen and oxygen atoms in total. The number of allylic oxidation sites excluding steroid dienone is 6. The van der Waals surface area contributed by atoms with Crippen LogP contribution in [0, 0.1) is 28.1 Å². The van der Waals surface area contributed by atoms with Gasteiger partial charge in [0.25, 0.3) is 0 Å². The van der Waals surface area contributed by atoms with Crippen LogP contribution in [0.15, 0.2) is 34.7 Å². The molecule has 0 fully saturated rings. The van der Waals surface area contributed by atoms with Gasteiger partial charge in [0.1, 0.15) is 17.7 Å². The van der Waals surface area contributed by atoms with Gasteiger partial charge >= 0.3 is 10.4 Å². The van der Waals surface area contributed by atoms with Crippen molar-refractivity contribution in [3.63, 3.8) is 0 Å². The number of nitriles is 2. The molecule has 1 heterocycles. The zero-order valence-electron chi connectivity index (χ0n) is 15.3. The molecule has 1 rings (SSSR count). The Bertz CT molecular complexity index is 772. The van der Waals surface area contributed by atoms with Gasteiger partial charge in [-0.15, -0.1) is 0 Å². The van der Waals surface area contributed by atoms with E-state index in [0.29, 0.717) is 5.57 Å². The summed E-state index contributed by atoms with van der Waals surface area (Å²) in [7, 11) is -4.16. The lowest BCUT2D eigenvalue weighted by molar-refractivity contribution is 0.0871. The van der Waals surface area contributed by atoms with E-state index in [0.717, 1.165) is 11.4 Å². The molecule has 0 aromatic carbocycles. The maximum absolute atomic E-state index is 11.8. The number of aliphatic hydroxyl groups excluding tert-OH is 1. The second kappa shape index (κ2) is 8.97. The Balaban J connectivity index is 2.69. The Labute approximate surface area is 154 Å². The van der Waals surface area contributed by atoms with Crippen molar-refractivity contribution in [1.82, 2.24) is 4.90 Å². The Morgan fingerprint density at radius 2 is 1.73 bits per heavy atom. The largest absolute Gasteiger partial charge is 0.399 e. The zero-order valence-corrected chi connectivity index (χ0v) is 16.1. The highest BCUT2D eigenvalue weighted by molar-refractivity contribution is 7.81. The summed E-state index contributed by atoms with van der Waals surface area (Å²) in [6.45, 7) is 6.62. The van der Waals surface area contributed by atoms with Crippen LogP contribution in [0.3, 0.4) is 0 Å². The van der Waals surface area contributed by atoms with E-state index in [2.05, 4.69) is 0 Å². The van der Waals surface area contributed by atoms with Gasteiger partial charge in [-0.25, -0.2) is 8.37 Å². The van der Waals surface area contributed by atoms with Crippen LogP contribution in [0.2, 0.25) is 0 Å². The molecule has 0 saturated heterocycles. The first kappa shape index (κ1) is 21.9. The highest BCUT2D eigenvalue weighted by Gasteiger charge is 2.23. The third kappa shape index (κ3) is 6.28. The van der Waals surface area contributed by atoms with E-state index >= 15 is 0 Å². The number of nitrogens with zero attached hydrogens (tertiary/aromatic N) is 3. The topological polar surface area (TPSA) is 124 Å². The van der Waals surface area contributed by atoms with Crippen molar-refractivity contribution >= 4 is 10.4 Å². The maximum Gasteiger partial charge on any atom is 0.399 e. The minimum absolute atomic E-state index is 0.0158. The molecule has 0 radical (unpaired) electrons. The van der Waals surface area contributed by atoms with Crippen LogP contribution in [0.5, 0.6) is 0 Å². The van der Waals surface area contributed by atoms with Crippen LogP contribution in [0.4, 0.5) is 0 Å². The minimum atomic E-state index is -4.16. The van der Waals surface area contributed by atoms with Crippen LogP contribution < -0.4 is 0 Å². The van der Waals surface area contributed by atoms with Gasteiger partial charge in [-0.2, -0.15) is 18.9 Å². The summed E-state index contributed by atoms with van der Waals surface area (Å²) in [4.78, 5) is 1.81. The third-order valence-electron chi connectivity index (χ3n) is 3.66. The Hall–Kier alpha value is -2.17. The third-order valence-corrected chi connectivity index (χ3v) is 4.52. The molecular formula is C17H23N3O5S. The van der Waals surface area contributed by atoms with Crippen LogP contribution in [-0.4, -0.2) is 44.8 Å². The normalized spacial score (nSPS) is 15.0. The Morgan fingerprint density at radius 1 is 1.19 bits per heavy atom. The average molecular weight is 381 g/mol. The summed E-state index contributed by atoms with van der Waals surface area (Å²) in [5.74, 6) is 0. The quantitative estimate of drug-likeness (QED) is 0.631. The maximum atomic E-state index is 11.8. The molecule has 0 unspecified atom stereocenters. The summed E-state index contributed by atoms with van der Waals surface area (Å²) in [6.07, 6.45) is 3.37. The first-order valence-corrected chi connectivity index (χ1v) is 9.22. The average Bonchev–Trinajstić information content (AvgIpc) is 2.57. The van der Waals surface area contributed by atoms with Crippen molar-refractivity contribution in [2.45, 2.75) is 27.7 Å². The highest BCUT2D eigenvalue weighted by atomic mass is 32.3. The van der Waals surface area contributed by atoms with E-state index in [1.165, 1.54) is 0 Å². The van der Waals surface area contributed by atoms with E-state index in [9.17, 15) is 8.42 Å². The predicted molar refractivity (Wildman–Crippen MR) is 94.2 cm³/mol. The molecule has 0 atom stereocenters. The van der Waals surface area contributed by atoms with Crippen LogP contribution in [-0.2, 0) is 18.8 Å². The first-order chi connectivity index (χ1) is 12.0. The van der Waals surface area contributed by atoms with E-state index in [4.69, 9.17) is 24.0 Å². The molecule has 0 saturated carbocycles. The molecule has 0 spiro atoms. The van der Waals surface area contributed by atoms with Crippen LogP contribution >= 0.6 is 0 Å². The molecule has 1 N–H and O–H groups in total. The van der Waals surface area contributed by atoms with E-state index < -0.39 is 15.8 Å². The fourth-order valence-electron chi connectivity index (χ4n) is 2.12. The van der Waals surface area contributed by atoms with Crippen LogP contribution in [0.25, 0.3) is 0 Å². The smallest absolute Gasteiger partial charge is 0.396 e. The standard InChI is InChI=1S/C17H23N3O5S/c1-13-7-15(16(9-18)10-19)8-14(2)20(13)5-6-24-26(22,23)25-12-17(3,4)11-21/h7-8,21H,5-6,11-12H2,1-4H3. The van der Waals surface area contributed by atoms with Gasteiger partial charge in [0.05, 0.1) is 19.8 Å². The van der Waals surface area contributed by atoms with Gasteiger partial charge in [-0.05, 0) is 26.0 Å². The van der Waals surface area contributed by atoms with Crippen molar-refractivity contribution < 1.29 is 21.9 Å². The predicted octanol–water partition coefficient (Wildman–Crippen LogP) is 1.75. The molecule has 9 heteroatoms. The summed E-state index contributed by atoms with van der Waals surface area (Å²) in [5.41, 5.74) is 1.35. The van der Waals surface area contributed by atoms with Gasteiger partial charge in [0.15, 0.2) is 0 Å². The molecule has 0 bridgehead atoms. The molecule has 0 aliphatic carbocycles. The molecule has 0 aromatic rings. The molecule has 0 aromatic heterocycles. The highest BCUT2D eigenvalue weighted by Crippen LogP contribution is 2.24. The SMILES string of the molecule is CC1=CC(=C(C#N)C#N)C=C(C)N1CCOS(=O)(=O)OCC(C)(C)CO. The van der Waals surface area contributed by atoms with Crippen molar-refractivity contribution in [2.75, 3.05) is 26.4 Å². The van der Waals surface area contributed by atoms with Gasteiger partial charge < -0.3 is 10.0 Å². The number of hydrogen-bond donors (Lipinski definition) is 1. The van der Waals surface area contributed by atoms with Crippen LogP contribution in [0.1, 0.15) is 27.7 Å². The lowest BCUT2D eigenvalue weighted by Crippen LogP contribution is -2.29. The van der Waals surface area contributed by atoms with Crippen molar-refractivity contribution in [2.24, 2.45) is 5.41 Å². The molecule has 1 aliphatic rings. The fourth-order valence-corrected chi connectivity index (χ4v) is 2.93. The van der Waals surface area contributed by atoms with E-state index in [1.54, 1.807) is 39.8 Å². The summed E-state index contributed by atoms with van der Waals surface area (Å²) in [5, 5.41) is 27.0. The van der Waals surface area contributed by atoms with Crippen molar-refractivity contribution in [3.8, 4) is 12.1 Å². The lowest BCUT2D eigenvalue weighted by atomic mass is 9.97. The molecule has 0 amide bonds. The fraction of sp³-hybridized carbons (Fsp3) is 0.529. The molecule has 26 heavy (non-hydrogen) atoms. The number of hydrogen-bond acceptors (Lipinski definition) is 8. The summed E-state index contributed by atoms with van der Waals surface area (Å²) < 4.78 is 33.1. The summed E-state index contributed by atoms with van der Waals surface area (Å²) in [6, 6.07) is 3.69. The zero-order chi connectivity index (χ0) is 20.0. The van der Waals surface area contributed by atoms with Gasteiger partial charge in [-0.3, -0.25) is 0 Å². The number of aliphatic hydroxyl groups is 1. The Kier molecular flexibility index (Phi) is 7.54. The number of rotatable bonds is 8. The molecule has 1 aliphatic heterocycles.